The zero-order valence-corrected chi connectivity index (χ0v) is 12.7. The molecule has 2 aromatic rings. The number of rotatable bonds is 4. The van der Waals surface area contributed by atoms with E-state index < -0.39 is 0 Å². The monoisotopic (exact) mass is 321 g/mol. The van der Waals surface area contributed by atoms with Crippen molar-refractivity contribution in [2.24, 2.45) is 0 Å². The summed E-state index contributed by atoms with van der Waals surface area (Å²) in [6, 6.07) is 13.7. The van der Waals surface area contributed by atoms with Crippen LogP contribution >= 0.6 is 15.9 Å². The van der Waals surface area contributed by atoms with Crippen molar-refractivity contribution in [1.82, 2.24) is 5.32 Å². The lowest BCUT2D eigenvalue weighted by Crippen LogP contribution is -2.19. The zero-order chi connectivity index (χ0) is 13.8. The van der Waals surface area contributed by atoms with Gasteiger partial charge in [0.15, 0.2) is 0 Å². The molecule has 2 rings (SSSR count). The lowest BCUT2D eigenvalue weighted by atomic mass is 9.96. The Balaban J connectivity index is 2.25. The molecule has 0 spiro atoms. The van der Waals surface area contributed by atoms with E-state index in [0.29, 0.717) is 4.47 Å². The fourth-order valence-corrected chi connectivity index (χ4v) is 2.57. The third-order valence-electron chi connectivity index (χ3n) is 3.38. The average Bonchev–Trinajstić information content (AvgIpc) is 2.41. The molecule has 0 aromatic heterocycles. The van der Waals surface area contributed by atoms with E-state index in [4.69, 9.17) is 0 Å². The highest BCUT2D eigenvalue weighted by atomic mass is 79.9. The van der Waals surface area contributed by atoms with E-state index in [-0.39, 0.29) is 11.9 Å². The van der Waals surface area contributed by atoms with Gasteiger partial charge in [0.1, 0.15) is 5.82 Å². The Morgan fingerprint density at radius 1 is 1.21 bits per heavy atom. The second kappa shape index (κ2) is 6.31. The van der Waals surface area contributed by atoms with Crippen molar-refractivity contribution in [2.45, 2.75) is 19.4 Å². The Kier molecular flexibility index (Phi) is 4.72. The van der Waals surface area contributed by atoms with E-state index in [9.17, 15) is 4.39 Å². The maximum absolute atomic E-state index is 13.3. The van der Waals surface area contributed by atoms with Crippen molar-refractivity contribution in [3.05, 3.63) is 69.4 Å². The molecule has 0 fully saturated rings. The van der Waals surface area contributed by atoms with Crippen LogP contribution in [0.3, 0.4) is 0 Å². The van der Waals surface area contributed by atoms with E-state index in [2.05, 4.69) is 46.4 Å². The van der Waals surface area contributed by atoms with Gasteiger partial charge >= 0.3 is 0 Å². The number of benzene rings is 2. The number of aryl methyl sites for hydroxylation is 1. The number of nitrogens with one attached hydrogen (secondary N) is 1. The molecule has 1 nitrogen and oxygen atoms in total. The Morgan fingerprint density at radius 3 is 2.58 bits per heavy atom. The highest BCUT2D eigenvalue weighted by molar-refractivity contribution is 9.10. The molecule has 100 valence electrons. The summed E-state index contributed by atoms with van der Waals surface area (Å²) in [6.07, 6.45) is 0.890. The molecule has 1 N–H and O–H groups in total. The van der Waals surface area contributed by atoms with Crippen LogP contribution in [-0.2, 0) is 6.42 Å². The number of hydrogen-bond acceptors (Lipinski definition) is 1. The van der Waals surface area contributed by atoms with Gasteiger partial charge in [0, 0.05) is 6.04 Å². The minimum absolute atomic E-state index is 0.179. The Hall–Kier alpha value is -1.19. The normalized spacial score (nSPS) is 12.4. The number of likely N-dealkylation sites (N-methyl/N-ethyl adjacent to an activating group) is 1. The molecule has 0 bridgehead atoms. The molecule has 0 aliphatic rings. The molecule has 0 radical (unpaired) electrons. The first-order chi connectivity index (χ1) is 9.11. The molecule has 0 amide bonds. The van der Waals surface area contributed by atoms with Gasteiger partial charge in [0.25, 0.3) is 0 Å². The summed E-state index contributed by atoms with van der Waals surface area (Å²) in [5.41, 5.74) is 3.67. The molecule has 0 aliphatic carbocycles. The minimum atomic E-state index is -0.227. The topological polar surface area (TPSA) is 12.0 Å². The zero-order valence-electron chi connectivity index (χ0n) is 11.1. The van der Waals surface area contributed by atoms with Crippen molar-refractivity contribution in [1.29, 1.82) is 0 Å². The van der Waals surface area contributed by atoms with E-state index in [1.54, 1.807) is 0 Å². The van der Waals surface area contributed by atoms with Crippen LogP contribution in [-0.4, -0.2) is 7.05 Å². The molecule has 19 heavy (non-hydrogen) atoms. The highest BCUT2D eigenvalue weighted by Gasteiger charge is 2.12. The van der Waals surface area contributed by atoms with Gasteiger partial charge < -0.3 is 5.32 Å². The van der Waals surface area contributed by atoms with E-state index in [1.165, 1.54) is 17.2 Å². The predicted octanol–water partition coefficient (Wildman–Crippen LogP) is 4.40. The Labute approximate surface area is 122 Å². The summed E-state index contributed by atoms with van der Waals surface area (Å²) < 4.78 is 13.8. The predicted molar refractivity (Wildman–Crippen MR) is 80.8 cm³/mol. The standard InChI is InChI=1S/C16H17BrFN/c1-11-5-3-4-6-12(11)10-16(19-2)13-7-8-15(18)14(17)9-13/h3-9,16,19H,10H2,1-2H3. The molecule has 2 aromatic carbocycles. The summed E-state index contributed by atoms with van der Waals surface area (Å²) in [5, 5.41) is 3.30. The minimum Gasteiger partial charge on any atom is -0.313 e. The first kappa shape index (κ1) is 14.2. The largest absolute Gasteiger partial charge is 0.313 e. The Bertz CT molecular complexity index is 568. The van der Waals surface area contributed by atoms with Crippen LogP contribution in [0, 0.1) is 12.7 Å². The van der Waals surface area contributed by atoms with Crippen LogP contribution in [0.15, 0.2) is 46.9 Å². The average molecular weight is 322 g/mol. The quantitative estimate of drug-likeness (QED) is 0.880. The molecule has 0 saturated heterocycles. The summed E-state index contributed by atoms with van der Waals surface area (Å²) >= 11 is 3.24. The van der Waals surface area contributed by atoms with E-state index >= 15 is 0 Å². The van der Waals surface area contributed by atoms with Crippen LogP contribution in [0.5, 0.6) is 0 Å². The summed E-state index contributed by atoms with van der Waals surface area (Å²) in [6.45, 7) is 2.11. The molecular formula is C16H17BrFN. The van der Waals surface area contributed by atoms with Crippen molar-refractivity contribution < 1.29 is 4.39 Å². The van der Waals surface area contributed by atoms with Gasteiger partial charge in [0.2, 0.25) is 0 Å². The fourth-order valence-electron chi connectivity index (χ4n) is 2.17. The molecule has 3 heteroatoms. The molecule has 1 atom stereocenters. The van der Waals surface area contributed by atoms with Gasteiger partial charge in [-0.05, 0) is 65.1 Å². The van der Waals surface area contributed by atoms with Crippen LogP contribution in [0.1, 0.15) is 22.7 Å². The summed E-state index contributed by atoms with van der Waals surface area (Å²) in [4.78, 5) is 0. The fraction of sp³-hybridized carbons (Fsp3) is 0.250. The Morgan fingerprint density at radius 2 is 1.95 bits per heavy atom. The maximum Gasteiger partial charge on any atom is 0.137 e. The molecule has 1 unspecified atom stereocenters. The van der Waals surface area contributed by atoms with Crippen LogP contribution in [0.4, 0.5) is 4.39 Å². The van der Waals surface area contributed by atoms with E-state index in [1.807, 2.05) is 25.2 Å². The van der Waals surface area contributed by atoms with Gasteiger partial charge in [-0.2, -0.15) is 0 Å². The van der Waals surface area contributed by atoms with Gasteiger partial charge in [-0.1, -0.05) is 30.3 Å². The molecule has 0 saturated carbocycles. The third kappa shape index (κ3) is 3.43. The smallest absolute Gasteiger partial charge is 0.137 e. The maximum atomic E-state index is 13.3. The van der Waals surface area contributed by atoms with Gasteiger partial charge in [0.05, 0.1) is 4.47 Å². The van der Waals surface area contributed by atoms with Crippen LogP contribution in [0.2, 0.25) is 0 Å². The van der Waals surface area contributed by atoms with Gasteiger partial charge in [-0.15, -0.1) is 0 Å². The number of hydrogen-bond donors (Lipinski definition) is 1. The van der Waals surface area contributed by atoms with Crippen molar-refractivity contribution >= 4 is 15.9 Å². The lowest BCUT2D eigenvalue weighted by Gasteiger charge is -2.18. The third-order valence-corrected chi connectivity index (χ3v) is 3.99. The molecular weight excluding hydrogens is 305 g/mol. The van der Waals surface area contributed by atoms with Gasteiger partial charge in [-0.3, -0.25) is 0 Å². The van der Waals surface area contributed by atoms with Crippen molar-refractivity contribution in [3.8, 4) is 0 Å². The second-order valence-corrected chi connectivity index (χ2v) is 5.50. The lowest BCUT2D eigenvalue weighted by molar-refractivity contribution is 0.582. The SMILES string of the molecule is CNC(Cc1ccccc1C)c1ccc(F)c(Br)c1. The first-order valence-corrected chi connectivity index (χ1v) is 7.08. The first-order valence-electron chi connectivity index (χ1n) is 6.28. The van der Waals surface area contributed by atoms with Crippen LogP contribution < -0.4 is 5.32 Å². The van der Waals surface area contributed by atoms with Crippen molar-refractivity contribution in [2.75, 3.05) is 7.05 Å². The summed E-state index contributed by atoms with van der Waals surface area (Å²) in [7, 11) is 1.93. The molecule has 0 heterocycles. The van der Waals surface area contributed by atoms with Crippen LogP contribution in [0.25, 0.3) is 0 Å². The highest BCUT2D eigenvalue weighted by Crippen LogP contribution is 2.24. The van der Waals surface area contributed by atoms with E-state index in [0.717, 1.165) is 12.0 Å². The van der Waals surface area contributed by atoms with Crippen molar-refractivity contribution in [3.63, 3.8) is 0 Å². The molecule has 0 aliphatic heterocycles. The van der Waals surface area contributed by atoms with Gasteiger partial charge in [-0.25, -0.2) is 4.39 Å². The number of halogens is 2. The summed E-state index contributed by atoms with van der Waals surface area (Å²) in [5.74, 6) is -0.227. The second-order valence-electron chi connectivity index (χ2n) is 4.65.